The summed E-state index contributed by atoms with van der Waals surface area (Å²) in [5, 5.41) is 7.89. The molecule has 0 aliphatic carbocycles. The number of rotatable bonds is 0. The highest BCUT2D eigenvalue weighted by atomic mass is 15.6. The summed E-state index contributed by atoms with van der Waals surface area (Å²) in [4.78, 5) is 0. The van der Waals surface area contributed by atoms with E-state index in [1.807, 2.05) is 12.3 Å². The van der Waals surface area contributed by atoms with Gasteiger partial charge in [-0.15, -0.1) is 0 Å². The fourth-order valence-electron chi connectivity index (χ4n) is 0.699. The summed E-state index contributed by atoms with van der Waals surface area (Å²) in [6.07, 6.45) is 7.00. The third kappa shape index (κ3) is 0.561. The summed E-state index contributed by atoms with van der Waals surface area (Å²) >= 11 is 0. The SMILES string of the molecule is c1cn[n+]2ccnn2c1. The molecule has 0 aliphatic heterocycles. The Morgan fingerprint density at radius 3 is 3.22 bits per heavy atom. The molecule has 0 aromatic carbocycles. The topological polar surface area (TPSA) is 34.3 Å². The van der Waals surface area contributed by atoms with E-state index >= 15 is 0 Å². The molecule has 2 aromatic rings. The van der Waals surface area contributed by atoms with Crippen molar-refractivity contribution in [3.05, 3.63) is 30.9 Å². The van der Waals surface area contributed by atoms with E-state index in [0.717, 1.165) is 0 Å². The first-order chi connectivity index (χ1) is 4.47. The Kier molecular flexibility index (Phi) is 0.745. The van der Waals surface area contributed by atoms with E-state index in [4.69, 9.17) is 0 Å². The van der Waals surface area contributed by atoms with Gasteiger partial charge < -0.3 is 0 Å². The quantitative estimate of drug-likeness (QED) is 0.432. The molecule has 2 rings (SSSR count). The minimum atomic E-state index is 1.64. The minimum absolute atomic E-state index is 1.64. The molecule has 0 bridgehead atoms. The molecule has 0 spiro atoms. The minimum Gasteiger partial charge on any atom is -0.0661 e. The molecule has 0 fully saturated rings. The molecule has 0 N–H and O–H groups in total. The van der Waals surface area contributed by atoms with Crippen molar-refractivity contribution in [3.63, 3.8) is 0 Å². The maximum absolute atomic E-state index is 3.96. The second-order valence-electron chi connectivity index (χ2n) is 1.66. The summed E-state index contributed by atoms with van der Waals surface area (Å²) < 4.78 is 3.28. The molecular weight excluding hydrogens is 116 g/mol. The van der Waals surface area contributed by atoms with E-state index in [1.165, 1.54) is 0 Å². The van der Waals surface area contributed by atoms with E-state index in [9.17, 15) is 0 Å². The van der Waals surface area contributed by atoms with Crippen molar-refractivity contribution in [1.29, 1.82) is 0 Å². The van der Waals surface area contributed by atoms with Crippen molar-refractivity contribution >= 4 is 0 Å². The summed E-state index contributed by atoms with van der Waals surface area (Å²) in [7, 11) is 0. The molecule has 4 heteroatoms. The number of hydrogen-bond donors (Lipinski definition) is 0. The Labute approximate surface area is 51.3 Å². The van der Waals surface area contributed by atoms with Crippen LogP contribution in [0, 0.1) is 0 Å². The lowest BCUT2D eigenvalue weighted by Crippen LogP contribution is -2.31. The summed E-state index contributed by atoms with van der Waals surface area (Å²) in [6.45, 7) is 0. The normalized spacial score (nSPS) is 10.2. The van der Waals surface area contributed by atoms with Crippen LogP contribution in [-0.4, -0.2) is 14.8 Å². The second kappa shape index (κ2) is 1.51. The van der Waals surface area contributed by atoms with Crippen molar-refractivity contribution < 1.29 is 4.63 Å². The number of hydrogen-bond acceptors (Lipinski definition) is 2. The first-order valence-corrected chi connectivity index (χ1v) is 2.63. The Bertz CT molecular complexity index is 283. The zero-order chi connectivity index (χ0) is 6.10. The standard InChI is InChI=1S/C5H5N4/c1-2-6-9-5-3-7-8(9)4-1/h1-5H/q+1. The molecule has 0 saturated carbocycles. The van der Waals surface area contributed by atoms with Crippen LogP contribution >= 0.6 is 0 Å². The summed E-state index contributed by atoms with van der Waals surface area (Å²) in [5.41, 5.74) is 0. The molecule has 0 unspecified atom stereocenters. The first-order valence-electron chi connectivity index (χ1n) is 2.63. The second-order valence-corrected chi connectivity index (χ2v) is 1.66. The van der Waals surface area contributed by atoms with Crippen LogP contribution in [0.25, 0.3) is 0 Å². The fraction of sp³-hybridized carbons (Fsp3) is 0. The van der Waals surface area contributed by atoms with Crippen LogP contribution in [0.2, 0.25) is 0 Å². The number of fused-ring (bicyclic) bond motifs is 1. The van der Waals surface area contributed by atoms with E-state index < -0.39 is 0 Å². The van der Waals surface area contributed by atoms with Gasteiger partial charge in [0.2, 0.25) is 6.20 Å². The maximum atomic E-state index is 3.96. The average Bonchev–Trinajstić information content (AvgIpc) is 2.33. The van der Waals surface area contributed by atoms with Crippen molar-refractivity contribution in [1.82, 2.24) is 14.8 Å². The van der Waals surface area contributed by atoms with Crippen LogP contribution < -0.4 is 4.63 Å². The summed E-state index contributed by atoms with van der Waals surface area (Å²) in [6, 6.07) is 1.83. The van der Waals surface area contributed by atoms with Gasteiger partial charge in [-0.25, -0.2) is 0 Å². The average molecular weight is 121 g/mol. The largest absolute Gasteiger partial charge is 0.209 e. The highest BCUT2D eigenvalue weighted by Gasteiger charge is 1.95. The lowest BCUT2D eigenvalue weighted by Gasteiger charge is -1.78. The Morgan fingerprint density at radius 1 is 1.33 bits per heavy atom. The van der Waals surface area contributed by atoms with Crippen molar-refractivity contribution in [3.8, 4) is 0 Å². The zero-order valence-electron chi connectivity index (χ0n) is 4.68. The Morgan fingerprint density at radius 2 is 2.33 bits per heavy atom. The predicted octanol–water partition coefficient (Wildman–Crippen LogP) is -0.685. The van der Waals surface area contributed by atoms with Crippen LogP contribution in [0.5, 0.6) is 0 Å². The van der Waals surface area contributed by atoms with Crippen molar-refractivity contribution in [2.75, 3.05) is 0 Å². The van der Waals surface area contributed by atoms with Gasteiger partial charge in [0.1, 0.15) is 0 Å². The lowest BCUT2D eigenvalue weighted by atomic mass is 10.7. The summed E-state index contributed by atoms with van der Waals surface area (Å²) in [5.74, 6) is 0. The maximum Gasteiger partial charge on any atom is 0.209 e. The van der Waals surface area contributed by atoms with Gasteiger partial charge in [0.05, 0.1) is 12.4 Å². The first kappa shape index (κ1) is 4.43. The molecule has 0 aliphatic rings. The molecular formula is C5H5N4+. The molecule has 4 nitrogen and oxygen atoms in total. The van der Waals surface area contributed by atoms with E-state index in [2.05, 4.69) is 10.2 Å². The van der Waals surface area contributed by atoms with Gasteiger partial charge in [0.25, 0.3) is 0 Å². The Hall–Kier alpha value is -1.45. The van der Waals surface area contributed by atoms with Gasteiger partial charge in [-0.05, 0) is 10.7 Å². The third-order valence-electron chi connectivity index (χ3n) is 1.09. The molecule has 0 atom stereocenters. The van der Waals surface area contributed by atoms with E-state index in [0.29, 0.717) is 0 Å². The highest BCUT2D eigenvalue weighted by Crippen LogP contribution is 1.71. The van der Waals surface area contributed by atoms with E-state index in [-0.39, 0.29) is 0 Å². The van der Waals surface area contributed by atoms with Gasteiger partial charge in [-0.1, -0.05) is 5.10 Å². The van der Waals surface area contributed by atoms with Gasteiger partial charge in [0.15, 0.2) is 6.20 Å². The molecule has 9 heavy (non-hydrogen) atoms. The Balaban J connectivity index is 2.95. The monoisotopic (exact) mass is 121 g/mol. The smallest absolute Gasteiger partial charge is 0.0661 e. The predicted molar refractivity (Wildman–Crippen MR) is 28.6 cm³/mol. The van der Waals surface area contributed by atoms with Crippen LogP contribution in [0.3, 0.4) is 0 Å². The highest BCUT2D eigenvalue weighted by molar-refractivity contribution is 4.71. The van der Waals surface area contributed by atoms with Crippen molar-refractivity contribution in [2.24, 2.45) is 0 Å². The van der Waals surface area contributed by atoms with Crippen LogP contribution in [0.15, 0.2) is 30.9 Å². The van der Waals surface area contributed by atoms with Gasteiger partial charge >= 0.3 is 0 Å². The fourth-order valence-corrected chi connectivity index (χ4v) is 0.699. The molecule has 0 radical (unpaired) electrons. The van der Waals surface area contributed by atoms with Crippen molar-refractivity contribution in [2.45, 2.75) is 0 Å². The third-order valence-corrected chi connectivity index (χ3v) is 1.09. The molecule has 0 saturated heterocycles. The number of nitrogens with zero attached hydrogens (tertiary/aromatic N) is 4. The molecule has 2 aromatic heterocycles. The van der Waals surface area contributed by atoms with Gasteiger partial charge in [-0.2, -0.15) is 0 Å². The van der Waals surface area contributed by atoms with Gasteiger partial charge in [-0.3, -0.25) is 0 Å². The van der Waals surface area contributed by atoms with E-state index in [1.54, 1.807) is 27.9 Å². The molecule has 44 valence electrons. The van der Waals surface area contributed by atoms with Crippen LogP contribution in [0.1, 0.15) is 0 Å². The van der Waals surface area contributed by atoms with Gasteiger partial charge in [0, 0.05) is 9.73 Å². The molecule has 2 heterocycles. The number of aromatic nitrogens is 4. The van der Waals surface area contributed by atoms with Crippen LogP contribution in [-0.2, 0) is 0 Å². The molecule has 0 amide bonds. The van der Waals surface area contributed by atoms with Crippen LogP contribution in [0.4, 0.5) is 0 Å². The lowest BCUT2D eigenvalue weighted by molar-refractivity contribution is -0.683. The zero-order valence-corrected chi connectivity index (χ0v) is 4.68.